The van der Waals surface area contributed by atoms with Crippen molar-refractivity contribution in [2.24, 2.45) is 0 Å². The largest absolute Gasteiger partial charge is 0.391 e. The van der Waals surface area contributed by atoms with Gasteiger partial charge in [-0.05, 0) is 31.9 Å². The topological polar surface area (TPSA) is 121 Å². The number of thiazole rings is 1. The van der Waals surface area contributed by atoms with E-state index in [1.165, 1.54) is 12.0 Å². The Morgan fingerprint density at radius 1 is 1.27 bits per heavy atom. The van der Waals surface area contributed by atoms with E-state index in [0.29, 0.717) is 6.54 Å². The van der Waals surface area contributed by atoms with Gasteiger partial charge < -0.3 is 25.4 Å². The van der Waals surface area contributed by atoms with E-state index in [0.717, 1.165) is 21.7 Å². The molecule has 0 spiro atoms. The fraction of sp³-hybridized carbons (Fsp3) is 0.478. The average molecular weight is 475 g/mol. The Labute approximate surface area is 197 Å². The first-order chi connectivity index (χ1) is 15.6. The number of hydrogen-bond acceptors (Lipinski definition) is 7. The molecule has 0 radical (unpaired) electrons. The number of nitrogens with zero attached hydrogens (tertiary/aromatic N) is 2. The summed E-state index contributed by atoms with van der Waals surface area (Å²) in [5, 5.41) is 15.6. The predicted octanol–water partition coefficient (Wildman–Crippen LogP) is 1.24. The van der Waals surface area contributed by atoms with Crippen LogP contribution in [0.2, 0.25) is 0 Å². The van der Waals surface area contributed by atoms with Crippen molar-refractivity contribution >= 4 is 29.1 Å². The summed E-state index contributed by atoms with van der Waals surface area (Å²) >= 11 is 1.58. The van der Waals surface area contributed by atoms with E-state index < -0.39 is 29.5 Å². The molecule has 10 heteroatoms. The first-order valence-electron chi connectivity index (χ1n) is 10.7. The SMILES string of the molecule is COCC(=O)NC(C)(C)C(=O)N1C[C@H](O)C[C@H]1C(=O)NCc1ccc(-c2scnc2C)cc1. The van der Waals surface area contributed by atoms with Crippen molar-refractivity contribution in [1.82, 2.24) is 20.5 Å². The van der Waals surface area contributed by atoms with Gasteiger partial charge in [-0.3, -0.25) is 14.4 Å². The van der Waals surface area contributed by atoms with Crippen molar-refractivity contribution in [3.05, 3.63) is 41.0 Å². The van der Waals surface area contributed by atoms with E-state index in [4.69, 9.17) is 4.74 Å². The van der Waals surface area contributed by atoms with Crippen molar-refractivity contribution in [2.45, 2.75) is 51.4 Å². The third-order valence-corrected chi connectivity index (χ3v) is 6.51. The minimum atomic E-state index is -1.25. The van der Waals surface area contributed by atoms with Crippen molar-refractivity contribution in [3.8, 4) is 10.4 Å². The van der Waals surface area contributed by atoms with Crippen molar-refractivity contribution in [2.75, 3.05) is 20.3 Å². The molecule has 9 nitrogen and oxygen atoms in total. The van der Waals surface area contributed by atoms with E-state index in [2.05, 4.69) is 15.6 Å². The zero-order valence-electron chi connectivity index (χ0n) is 19.3. The number of β-amino-alcohol motifs (C(OH)–C–C–N with tert-alkyl or cyclic N) is 1. The van der Waals surface area contributed by atoms with Crippen molar-refractivity contribution in [1.29, 1.82) is 0 Å². The summed E-state index contributed by atoms with van der Waals surface area (Å²) in [6, 6.07) is 7.04. The molecule has 1 fully saturated rings. The van der Waals surface area contributed by atoms with Gasteiger partial charge in [-0.1, -0.05) is 24.3 Å². The standard InChI is InChI=1S/C23H30N4O5S/c1-14-20(33-13-25-14)16-7-5-15(6-8-16)10-24-21(30)18-9-17(28)11-27(18)22(31)23(2,3)26-19(29)12-32-4/h5-8,13,17-18,28H,9-12H2,1-4H3,(H,24,30)(H,26,29)/t17-,18+/m1/s1. The molecule has 1 aromatic heterocycles. The number of likely N-dealkylation sites (tertiary alicyclic amines) is 1. The molecule has 178 valence electrons. The molecule has 1 aliphatic heterocycles. The monoisotopic (exact) mass is 474 g/mol. The van der Waals surface area contributed by atoms with Crippen LogP contribution in [0.5, 0.6) is 0 Å². The fourth-order valence-electron chi connectivity index (χ4n) is 3.87. The number of amides is 3. The first kappa shape index (κ1) is 24.8. The summed E-state index contributed by atoms with van der Waals surface area (Å²) in [5.41, 5.74) is 3.53. The smallest absolute Gasteiger partial charge is 0.248 e. The summed E-state index contributed by atoms with van der Waals surface area (Å²) in [5.74, 6) is -1.22. The lowest BCUT2D eigenvalue weighted by Crippen LogP contribution is -2.59. The van der Waals surface area contributed by atoms with Gasteiger partial charge in [0.25, 0.3) is 0 Å². The van der Waals surface area contributed by atoms with Gasteiger partial charge >= 0.3 is 0 Å². The molecule has 2 atom stereocenters. The van der Waals surface area contributed by atoms with E-state index in [-0.39, 0.29) is 25.5 Å². The molecule has 3 rings (SSSR count). The van der Waals surface area contributed by atoms with Crippen LogP contribution in [-0.4, -0.2) is 70.7 Å². The lowest BCUT2D eigenvalue weighted by molar-refractivity contribution is -0.145. The van der Waals surface area contributed by atoms with Gasteiger partial charge in [0.1, 0.15) is 18.2 Å². The highest BCUT2D eigenvalue weighted by Gasteiger charge is 2.44. The molecule has 2 heterocycles. The summed E-state index contributed by atoms with van der Waals surface area (Å²) < 4.78 is 4.80. The fourth-order valence-corrected chi connectivity index (χ4v) is 4.69. The number of carbonyl (C=O) groups is 3. The highest BCUT2D eigenvalue weighted by Crippen LogP contribution is 2.27. The Hall–Kier alpha value is -2.82. The number of aromatic nitrogens is 1. The molecular formula is C23H30N4O5S. The van der Waals surface area contributed by atoms with Gasteiger partial charge in [0.2, 0.25) is 17.7 Å². The molecular weight excluding hydrogens is 444 g/mol. The molecule has 0 aliphatic carbocycles. The highest BCUT2D eigenvalue weighted by atomic mass is 32.1. The van der Waals surface area contributed by atoms with Crippen LogP contribution in [0.4, 0.5) is 0 Å². The van der Waals surface area contributed by atoms with Crippen LogP contribution in [0.1, 0.15) is 31.5 Å². The lowest BCUT2D eigenvalue weighted by atomic mass is 10.0. The quantitative estimate of drug-likeness (QED) is 0.529. The Morgan fingerprint density at radius 2 is 1.97 bits per heavy atom. The summed E-state index contributed by atoms with van der Waals surface area (Å²) in [6.07, 6.45) is -0.666. The van der Waals surface area contributed by atoms with E-state index in [1.54, 1.807) is 25.2 Å². The molecule has 3 N–H and O–H groups in total. The minimum absolute atomic E-state index is 0.0311. The van der Waals surface area contributed by atoms with Gasteiger partial charge in [0.15, 0.2) is 0 Å². The van der Waals surface area contributed by atoms with Crippen LogP contribution in [-0.2, 0) is 25.7 Å². The van der Waals surface area contributed by atoms with Crippen molar-refractivity contribution in [3.63, 3.8) is 0 Å². The molecule has 3 amide bonds. The summed E-state index contributed by atoms with van der Waals surface area (Å²) in [6.45, 7) is 5.24. The lowest BCUT2D eigenvalue weighted by Gasteiger charge is -2.33. The van der Waals surface area contributed by atoms with Gasteiger partial charge in [-0.2, -0.15) is 0 Å². The third kappa shape index (κ3) is 5.95. The number of benzene rings is 1. The Bertz CT molecular complexity index is 1000. The Morgan fingerprint density at radius 3 is 2.58 bits per heavy atom. The maximum Gasteiger partial charge on any atom is 0.248 e. The number of ether oxygens (including phenoxy) is 1. The normalized spacial score (nSPS) is 18.3. The molecule has 33 heavy (non-hydrogen) atoms. The van der Waals surface area contributed by atoms with E-state index >= 15 is 0 Å². The number of methoxy groups -OCH3 is 1. The van der Waals surface area contributed by atoms with Crippen LogP contribution in [0.25, 0.3) is 10.4 Å². The summed E-state index contributed by atoms with van der Waals surface area (Å²) in [4.78, 5) is 44.6. The van der Waals surface area contributed by atoms with Crippen LogP contribution >= 0.6 is 11.3 Å². The third-order valence-electron chi connectivity index (χ3n) is 5.53. The number of nitrogens with one attached hydrogen (secondary N) is 2. The van der Waals surface area contributed by atoms with Gasteiger partial charge in [-0.25, -0.2) is 4.98 Å². The maximum atomic E-state index is 13.1. The van der Waals surface area contributed by atoms with Crippen molar-refractivity contribution < 1.29 is 24.2 Å². The number of carbonyl (C=O) groups excluding carboxylic acids is 3. The number of aliphatic hydroxyl groups is 1. The van der Waals surface area contributed by atoms with Crippen LogP contribution in [0.15, 0.2) is 29.8 Å². The van der Waals surface area contributed by atoms with E-state index in [9.17, 15) is 19.5 Å². The second kappa shape index (κ2) is 10.4. The second-order valence-corrected chi connectivity index (χ2v) is 9.51. The molecule has 0 unspecified atom stereocenters. The molecule has 0 saturated carbocycles. The van der Waals surface area contributed by atoms with Gasteiger partial charge in [-0.15, -0.1) is 11.3 Å². The van der Waals surface area contributed by atoms with E-state index in [1.807, 2.05) is 36.7 Å². The zero-order valence-corrected chi connectivity index (χ0v) is 20.1. The second-order valence-electron chi connectivity index (χ2n) is 8.65. The molecule has 1 aliphatic rings. The minimum Gasteiger partial charge on any atom is -0.391 e. The predicted molar refractivity (Wildman–Crippen MR) is 124 cm³/mol. The first-order valence-corrected chi connectivity index (χ1v) is 11.6. The summed E-state index contributed by atoms with van der Waals surface area (Å²) in [7, 11) is 1.39. The number of rotatable bonds is 8. The van der Waals surface area contributed by atoms with Gasteiger partial charge in [0, 0.05) is 26.6 Å². The van der Waals surface area contributed by atoms with Crippen LogP contribution < -0.4 is 10.6 Å². The van der Waals surface area contributed by atoms with Crippen LogP contribution in [0.3, 0.4) is 0 Å². The Balaban J connectivity index is 1.62. The molecule has 2 aromatic rings. The number of aliphatic hydroxyl groups excluding tert-OH is 1. The number of aryl methyl sites for hydroxylation is 1. The maximum absolute atomic E-state index is 13.1. The highest BCUT2D eigenvalue weighted by molar-refractivity contribution is 7.13. The average Bonchev–Trinajstić information content (AvgIpc) is 3.37. The molecule has 1 saturated heterocycles. The van der Waals surface area contributed by atoms with Gasteiger partial charge in [0.05, 0.1) is 22.2 Å². The van der Waals surface area contributed by atoms with Crippen LogP contribution in [0, 0.1) is 6.92 Å². The zero-order chi connectivity index (χ0) is 24.2. The molecule has 1 aromatic carbocycles. The Kier molecular flexibility index (Phi) is 7.83. The molecule has 0 bridgehead atoms. The number of hydrogen-bond donors (Lipinski definition) is 3.